The van der Waals surface area contributed by atoms with Crippen LogP contribution in [-0.2, 0) is 9.84 Å². The molecule has 0 fully saturated rings. The van der Waals surface area contributed by atoms with Crippen LogP contribution in [0.25, 0.3) is 11.1 Å². The molecule has 0 heterocycles. The zero-order valence-corrected chi connectivity index (χ0v) is 12.9. The van der Waals surface area contributed by atoms with Crippen LogP contribution in [0.15, 0.2) is 47.4 Å². The Morgan fingerprint density at radius 3 is 2.25 bits per heavy atom. The van der Waals surface area contributed by atoms with E-state index < -0.39 is 9.84 Å². The van der Waals surface area contributed by atoms with E-state index in [1.165, 1.54) is 6.07 Å². The molecule has 0 aliphatic heterocycles. The van der Waals surface area contributed by atoms with Gasteiger partial charge in [-0.05, 0) is 17.2 Å². The fourth-order valence-electron chi connectivity index (χ4n) is 2.51. The van der Waals surface area contributed by atoms with E-state index in [0.29, 0.717) is 22.0 Å². The molecule has 0 atom stereocenters. The first-order chi connectivity index (χ1) is 9.56. The lowest BCUT2D eigenvalue weighted by molar-refractivity contribution is 0.104. The average molecular weight is 351 g/mol. The Kier molecular flexibility index (Phi) is 3.26. The van der Waals surface area contributed by atoms with Crippen molar-refractivity contribution in [3.05, 3.63) is 53.6 Å². The highest BCUT2D eigenvalue weighted by molar-refractivity contribution is 9.09. The number of carbonyl (C=O) groups excluding carboxylic acids is 1. The molecule has 0 saturated carbocycles. The summed E-state index contributed by atoms with van der Waals surface area (Å²) in [4.78, 5) is 12.6. The Balaban J connectivity index is 2.29. The van der Waals surface area contributed by atoms with Gasteiger partial charge in [0.25, 0.3) is 0 Å². The summed E-state index contributed by atoms with van der Waals surface area (Å²) in [5, 5.41) is 0.347. The van der Waals surface area contributed by atoms with E-state index >= 15 is 0 Å². The minimum atomic E-state index is -3.45. The van der Waals surface area contributed by atoms with Gasteiger partial charge in [-0.25, -0.2) is 8.42 Å². The van der Waals surface area contributed by atoms with Crippen LogP contribution in [0.5, 0.6) is 0 Å². The molecule has 2 aromatic rings. The van der Waals surface area contributed by atoms with Crippen molar-refractivity contribution < 1.29 is 13.2 Å². The summed E-state index contributed by atoms with van der Waals surface area (Å²) in [5.74, 6) is -0.225. The van der Waals surface area contributed by atoms with Crippen molar-refractivity contribution in [2.24, 2.45) is 0 Å². The molecule has 0 bridgehead atoms. The van der Waals surface area contributed by atoms with Gasteiger partial charge in [-0.3, -0.25) is 4.79 Å². The molecule has 0 spiro atoms. The predicted molar refractivity (Wildman–Crippen MR) is 81.2 cm³/mol. The Bertz CT molecular complexity index is 810. The van der Waals surface area contributed by atoms with Crippen LogP contribution in [0.1, 0.15) is 15.9 Å². The molecule has 102 valence electrons. The molecule has 0 amide bonds. The SMILES string of the molecule is O=C1c2ccccc2-c2cccc(S(=O)(=O)CCBr)c21. The van der Waals surface area contributed by atoms with Crippen molar-refractivity contribution in [2.75, 3.05) is 11.1 Å². The number of rotatable bonds is 3. The minimum absolute atomic E-state index is 0.0208. The van der Waals surface area contributed by atoms with Gasteiger partial charge in [-0.2, -0.15) is 0 Å². The lowest BCUT2D eigenvalue weighted by Gasteiger charge is -2.07. The van der Waals surface area contributed by atoms with E-state index in [4.69, 9.17) is 0 Å². The zero-order valence-electron chi connectivity index (χ0n) is 10.5. The van der Waals surface area contributed by atoms with Crippen molar-refractivity contribution in [2.45, 2.75) is 4.90 Å². The second-order valence-corrected chi connectivity index (χ2v) is 7.43. The molecule has 0 saturated heterocycles. The van der Waals surface area contributed by atoms with Gasteiger partial charge in [-0.1, -0.05) is 52.3 Å². The highest BCUT2D eigenvalue weighted by Crippen LogP contribution is 2.39. The first-order valence-corrected chi connectivity index (χ1v) is 8.89. The highest BCUT2D eigenvalue weighted by Gasteiger charge is 2.32. The lowest BCUT2D eigenvalue weighted by Crippen LogP contribution is -2.12. The number of benzene rings is 2. The van der Waals surface area contributed by atoms with Crippen LogP contribution in [0.2, 0.25) is 0 Å². The predicted octanol–water partition coefficient (Wildman–Crippen LogP) is 3.07. The smallest absolute Gasteiger partial charge is 0.195 e. The number of halogens is 1. The molecule has 3 nitrogen and oxygen atoms in total. The van der Waals surface area contributed by atoms with E-state index in [0.717, 1.165) is 5.56 Å². The molecule has 0 radical (unpaired) electrons. The molecule has 20 heavy (non-hydrogen) atoms. The molecule has 0 N–H and O–H groups in total. The number of alkyl halides is 1. The average Bonchev–Trinajstić information content (AvgIpc) is 2.73. The summed E-state index contributed by atoms with van der Waals surface area (Å²) in [6, 6.07) is 12.2. The van der Waals surface area contributed by atoms with E-state index in [1.54, 1.807) is 24.3 Å². The number of hydrogen-bond donors (Lipinski definition) is 0. The Hall–Kier alpha value is -1.46. The van der Waals surface area contributed by atoms with Crippen LogP contribution >= 0.6 is 15.9 Å². The first kappa shape index (κ1) is 13.5. The number of sulfone groups is 1. The summed E-state index contributed by atoms with van der Waals surface area (Å²) in [6.07, 6.45) is 0. The Morgan fingerprint density at radius 1 is 0.900 bits per heavy atom. The van der Waals surface area contributed by atoms with Gasteiger partial charge < -0.3 is 0 Å². The maximum Gasteiger partial charge on any atom is 0.195 e. The molecule has 0 aromatic heterocycles. The fourth-order valence-corrected chi connectivity index (χ4v) is 5.01. The van der Waals surface area contributed by atoms with E-state index in [9.17, 15) is 13.2 Å². The third kappa shape index (κ3) is 1.93. The van der Waals surface area contributed by atoms with E-state index in [-0.39, 0.29) is 16.4 Å². The number of fused-ring (bicyclic) bond motifs is 3. The molecular formula is C15H11BrO3S. The van der Waals surface area contributed by atoms with Crippen LogP contribution in [0.3, 0.4) is 0 Å². The molecule has 5 heteroatoms. The number of hydrogen-bond acceptors (Lipinski definition) is 3. The summed E-state index contributed by atoms with van der Waals surface area (Å²) < 4.78 is 24.6. The van der Waals surface area contributed by atoms with Gasteiger partial charge >= 0.3 is 0 Å². The van der Waals surface area contributed by atoms with Crippen LogP contribution in [0, 0.1) is 0 Å². The molecule has 2 aromatic carbocycles. The van der Waals surface area contributed by atoms with Crippen molar-refractivity contribution in [3.63, 3.8) is 0 Å². The van der Waals surface area contributed by atoms with Gasteiger partial charge in [0.1, 0.15) is 0 Å². The van der Waals surface area contributed by atoms with E-state index in [2.05, 4.69) is 15.9 Å². The highest BCUT2D eigenvalue weighted by atomic mass is 79.9. The lowest BCUT2D eigenvalue weighted by atomic mass is 10.1. The molecule has 0 unspecified atom stereocenters. The Morgan fingerprint density at radius 2 is 1.55 bits per heavy atom. The fraction of sp³-hybridized carbons (Fsp3) is 0.133. The van der Waals surface area contributed by atoms with Crippen LogP contribution in [0.4, 0.5) is 0 Å². The van der Waals surface area contributed by atoms with Gasteiger partial charge in [0, 0.05) is 16.5 Å². The Labute approximate surface area is 125 Å². The largest absolute Gasteiger partial charge is 0.289 e. The van der Waals surface area contributed by atoms with Gasteiger partial charge in [0.2, 0.25) is 0 Å². The molecule has 1 aliphatic carbocycles. The van der Waals surface area contributed by atoms with E-state index in [1.807, 2.05) is 12.1 Å². The standard InChI is InChI=1S/C15H11BrO3S/c16-8-9-20(18,19)13-7-3-6-11-10-4-1-2-5-12(10)15(17)14(11)13/h1-7H,8-9H2. The van der Waals surface area contributed by atoms with Crippen molar-refractivity contribution in [1.82, 2.24) is 0 Å². The van der Waals surface area contributed by atoms with Gasteiger partial charge in [-0.15, -0.1) is 0 Å². The maximum absolute atomic E-state index is 12.5. The van der Waals surface area contributed by atoms with Crippen LogP contribution in [-0.4, -0.2) is 25.3 Å². The monoisotopic (exact) mass is 350 g/mol. The summed E-state index contributed by atoms with van der Waals surface area (Å²) >= 11 is 3.14. The summed E-state index contributed by atoms with van der Waals surface area (Å²) in [5.41, 5.74) is 2.41. The third-order valence-corrected chi connectivity index (χ3v) is 6.07. The van der Waals surface area contributed by atoms with Crippen molar-refractivity contribution in [1.29, 1.82) is 0 Å². The number of carbonyl (C=O) groups is 1. The normalized spacial score (nSPS) is 13.2. The molecular weight excluding hydrogens is 340 g/mol. The van der Waals surface area contributed by atoms with Crippen molar-refractivity contribution >= 4 is 31.6 Å². The number of ketones is 1. The second-order valence-electron chi connectivity index (χ2n) is 4.56. The third-order valence-electron chi connectivity index (χ3n) is 3.40. The molecule has 1 aliphatic rings. The quantitative estimate of drug-likeness (QED) is 0.682. The first-order valence-electron chi connectivity index (χ1n) is 6.12. The van der Waals surface area contributed by atoms with Crippen molar-refractivity contribution in [3.8, 4) is 11.1 Å². The van der Waals surface area contributed by atoms with Crippen LogP contribution < -0.4 is 0 Å². The molecule has 3 rings (SSSR count). The van der Waals surface area contributed by atoms with Gasteiger partial charge in [0.05, 0.1) is 10.6 Å². The summed E-state index contributed by atoms with van der Waals surface area (Å²) in [7, 11) is -3.45. The van der Waals surface area contributed by atoms with Gasteiger partial charge in [0.15, 0.2) is 15.6 Å². The topological polar surface area (TPSA) is 51.2 Å². The maximum atomic E-state index is 12.5. The zero-order chi connectivity index (χ0) is 14.3. The minimum Gasteiger partial charge on any atom is -0.289 e. The second kappa shape index (κ2) is 4.82. The summed E-state index contributed by atoms with van der Waals surface area (Å²) in [6.45, 7) is 0.